The molecular formula is C11H15N3O. The molecular weight excluding hydrogens is 190 g/mol. The highest BCUT2D eigenvalue weighted by Gasteiger charge is 2.26. The molecule has 1 aromatic rings. The van der Waals surface area contributed by atoms with Crippen LogP contribution < -0.4 is 10.9 Å². The Balaban J connectivity index is 1.76. The molecule has 15 heavy (non-hydrogen) atoms. The van der Waals surface area contributed by atoms with Gasteiger partial charge in [0.25, 0.3) is 5.56 Å². The van der Waals surface area contributed by atoms with Crippen molar-refractivity contribution in [3.05, 3.63) is 27.9 Å². The third-order valence-corrected chi connectivity index (χ3v) is 2.94. The van der Waals surface area contributed by atoms with Crippen LogP contribution in [0.2, 0.25) is 0 Å². The van der Waals surface area contributed by atoms with E-state index in [0.29, 0.717) is 18.5 Å². The van der Waals surface area contributed by atoms with Crippen molar-refractivity contribution < 1.29 is 0 Å². The maximum atomic E-state index is 11.4. The van der Waals surface area contributed by atoms with Gasteiger partial charge in [0, 0.05) is 18.0 Å². The zero-order valence-electron chi connectivity index (χ0n) is 8.62. The summed E-state index contributed by atoms with van der Waals surface area (Å²) in [5.74, 6) is 1.34. The van der Waals surface area contributed by atoms with Crippen molar-refractivity contribution in [2.75, 3.05) is 0 Å². The van der Waals surface area contributed by atoms with E-state index in [2.05, 4.69) is 15.3 Å². The summed E-state index contributed by atoms with van der Waals surface area (Å²) < 4.78 is 0. The van der Waals surface area contributed by atoms with Crippen molar-refractivity contribution in [1.82, 2.24) is 15.3 Å². The average molecular weight is 205 g/mol. The Bertz CT molecular complexity index is 418. The van der Waals surface area contributed by atoms with Crippen molar-refractivity contribution in [1.29, 1.82) is 0 Å². The van der Waals surface area contributed by atoms with Gasteiger partial charge in [0.15, 0.2) is 0 Å². The Morgan fingerprint density at radius 1 is 1.40 bits per heavy atom. The van der Waals surface area contributed by atoms with Gasteiger partial charge < -0.3 is 10.3 Å². The maximum Gasteiger partial charge on any atom is 0.251 e. The fourth-order valence-corrected chi connectivity index (χ4v) is 1.73. The molecule has 2 aliphatic carbocycles. The number of aromatic amines is 1. The predicted octanol–water partition coefficient (Wildman–Crippen LogP) is 0.899. The average Bonchev–Trinajstić information content (AvgIpc) is 3.06. The lowest BCUT2D eigenvalue weighted by Crippen LogP contribution is -2.21. The molecule has 0 saturated heterocycles. The van der Waals surface area contributed by atoms with Gasteiger partial charge in [0.05, 0.1) is 12.2 Å². The molecule has 4 nitrogen and oxygen atoms in total. The van der Waals surface area contributed by atoms with Gasteiger partial charge in [-0.05, 0) is 25.7 Å². The topological polar surface area (TPSA) is 57.8 Å². The van der Waals surface area contributed by atoms with Crippen LogP contribution in [0.15, 0.2) is 10.9 Å². The Kier molecular flexibility index (Phi) is 2.09. The smallest absolute Gasteiger partial charge is 0.251 e. The zero-order valence-corrected chi connectivity index (χ0v) is 8.62. The molecule has 2 saturated carbocycles. The van der Waals surface area contributed by atoms with E-state index in [1.54, 1.807) is 6.07 Å². The second-order valence-electron chi connectivity index (χ2n) is 4.55. The van der Waals surface area contributed by atoms with Crippen LogP contribution in [0.5, 0.6) is 0 Å². The van der Waals surface area contributed by atoms with Gasteiger partial charge in [0.1, 0.15) is 5.82 Å². The van der Waals surface area contributed by atoms with E-state index in [9.17, 15) is 4.79 Å². The lowest BCUT2D eigenvalue weighted by molar-refractivity contribution is 0.650. The highest BCUT2D eigenvalue weighted by Crippen LogP contribution is 2.38. The van der Waals surface area contributed by atoms with Crippen LogP contribution in [0, 0.1) is 0 Å². The molecule has 0 atom stereocenters. The fourth-order valence-electron chi connectivity index (χ4n) is 1.73. The molecule has 4 heteroatoms. The first-order valence-corrected chi connectivity index (χ1v) is 5.65. The lowest BCUT2D eigenvalue weighted by atomic mass is 10.3. The van der Waals surface area contributed by atoms with Gasteiger partial charge >= 0.3 is 0 Å². The Morgan fingerprint density at radius 2 is 2.20 bits per heavy atom. The second-order valence-corrected chi connectivity index (χ2v) is 4.55. The zero-order chi connectivity index (χ0) is 10.3. The molecule has 0 bridgehead atoms. The number of nitrogens with zero attached hydrogens (tertiary/aromatic N) is 1. The van der Waals surface area contributed by atoms with Gasteiger partial charge in [-0.15, -0.1) is 0 Å². The van der Waals surface area contributed by atoms with E-state index in [1.165, 1.54) is 25.7 Å². The first-order valence-electron chi connectivity index (χ1n) is 5.65. The van der Waals surface area contributed by atoms with E-state index in [0.717, 1.165) is 11.5 Å². The van der Waals surface area contributed by atoms with Crippen molar-refractivity contribution in [2.24, 2.45) is 0 Å². The van der Waals surface area contributed by atoms with Crippen LogP contribution in [0.1, 0.15) is 43.1 Å². The standard InChI is InChI=1S/C11H15N3O/c15-11-5-9(7-1-2-7)13-10(14-11)6-12-8-3-4-8/h5,7-8,12H,1-4,6H2,(H,13,14,15). The Hall–Kier alpha value is -1.16. The van der Waals surface area contributed by atoms with Crippen LogP contribution in [0.4, 0.5) is 0 Å². The molecule has 2 aliphatic rings. The summed E-state index contributed by atoms with van der Waals surface area (Å²) in [7, 11) is 0. The summed E-state index contributed by atoms with van der Waals surface area (Å²) >= 11 is 0. The largest absolute Gasteiger partial charge is 0.309 e. The van der Waals surface area contributed by atoms with E-state index in [-0.39, 0.29) is 5.56 Å². The van der Waals surface area contributed by atoms with E-state index in [4.69, 9.17) is 0 Å². The summed E-state index contributed by atoms with van der Waals surface area (Å²) in [6.45, 7) is 0.695. The normalized spacial score (nSPS) is 20.5. The molecule has 0 amide bonds. The summed E-state index contributed by atoms with van der Waals surface area (Å²) in [5.41, 5.74) is 0.964. The van der Waals surface area contributed by atoms with E-state index >= 15 is 0 Å². The minimum atomic E-state index is -0.0144. The lowest BCUT2D eigenvalue weighted by Gasteiger charge is -2.04. The second kappa shape index (κ2) is 3.45. The molecule has 0 radical (unpaired) electrons. The van der Waals surface area contributed by atoms with E-state index in [1.807, 2.05) is 0 Å². The molecule has 80 valence electrons. The van der Waals surface area contributed by atoms with Gasteiger partial charge in [-0.3, -0.25) is 4.79 Å². The quantitative estimate of drug-likeness (QED) is 0.767. The van der Waals surface area contributed by atoms with Crippen LogP contribution >= 0.6 is 0 Å². The molecule has 0 aliphatic heterocycles. The van der Waals surface area contributed by atoms with Crippen molar-refractivity contribution in [3.63, 3.8) is 0 Å². The number of hydrogen-bond acceptors (Lipinski definition) is 3. The number of aromatic nitrogens is 2. The first kappa shape index (κ1) is 9.09. The fraction of sp³-hybridized carbons (Fsp3) is 0.636. The minimum absolute atomic E-state index is 0.0144. The van der Waals surface area contributed by atoms with Crippen molar-refractivity contribution in [2.45, 2.75) is 44.2 Å². The van der Waals surface area contributed by atoms with Gasteiger partial charge in [0.2, 0.25) is 0 Å². The molecule has 3 rings (SSSR count). The molecule has 0 aromatic carbocycles. The van der Waals surface area contributed by atoms with Crippen LogP contribution in [-0.4, -0.2) is 16.0 Å². The molecule has 1 heterocycles. The summed E-state index contributed by atoms with van der Waals surface area (Å²) in [5, 5.41) is 3.35. The Morgan fingerprint density at radius 3 is 2.87 bits per heavy atom. The summed E-state index contributed by atoms with van der Waals surface area (Å²) in [4.78, 5) is 18.6. The summed E-state index contributed by atoms with van der Waals surface area (Å²) in [6, 6.07) is 2.29. The molecule has 2 fully saturated rings. The minimum Gasteiger partial charge on any atom is -0.309 e. The predicted molar refractivity (Wildman–Crippen MR) is 56.7 cm³/mol. The van der Waals surface area contributed by atoms with Gasteiger partial charge in [-0.25, -0.2) is 4.98 Å². The van der Waals surface area contributed by atoms with Gasteiger partial charge in [-0.2, -0.15) is 0 Å². The maximum absolute atomic E-state index is 11.4. The SMILES string of the molecule is O=c1cc(C2CC2)nc(CNC2CC2)[nH]1. The van der Waals surface area contributed by atoms with Crippen LogP contribution in [-0.2, 0) is 6.54 Å². The van der Waals surface area contributed by atoms with Gasteiger partial charge in [-0.1, -0.05) is 0 Å². The molecule has 2 N–H and O–H groups in total. The third-order valence-electron chi connectivity index (χ3n) is 2.94. The third kappa shape index (κ3) is 2.26. The highest BCUT2D eigenvalue weighted by atomic mass is 16.1. The first-order chi connectivity index (χ1) is 7.31. The summed E-state index contributed by atoms with van der Waals surface area (Å²) in [6.07, 6.45) is 4.89. The van der Waals surface area contributed by atoms with Crippen LogP contribution in [0.25, 0.3) is 0 Å². The highest BCUT2D eigenvalue weighted by molar-refractivity contribution is 5.14. The number of rotatable bonds is 4. The number of hydrogen-bond donors (Lipinski definition) is 2. The van der Waals surface area contributed by atoms with Crippen LogP contribution in [0.3, 0.4) is 0 Å². The molecule has 1 aromatic heterocycles. The number of nitrogens with one attached hydrogen (secondary N) is 2. The Labute approximate surface area is 88.1 Å². The molecule has 0 unspecified atom stereocenters. The van der Waals surface area contributed by atoms with Crippen molar-refractivity contribution >= 4 is 0 Å². The number of H-pyrrole nitrogens is 1. The molecule has 0 spiro atoms. The monoisotopic (exact) mass is 205 g/mol. The van der Waals surface area contributed by atoms with Crippen molar-refractivity contribution in [3.8, 4) is 0 Å². The van der Waals surface area contributed by atoms with E-state index < -0.39 is 0 Å².